The number of methoxy groups -OCH3 is 1. The van der Waals surface area contributed by atoms with E-state index in [0.29, 0.717) is 17.9 Å². The van der Waals surface area contributed by atoms with Crippen LogP contribution in [-0.2, 0) is 9.53 Å². The number of anilines is 1. The zero-order chi connectivity index (χ0) is 19.4. The monoisotopic (exact) mass is 366 g/mol. The van der Waals surface area contributed by atoms with E-state index in [-0.39, 0.29) is 12.5 Å². The van der Waals surface area contributed by atoms with E-state index in [1.54, 1.807) is 24.7 Å². The van der Waals surface area contributed by atoms with Crippen molar-refractivity contribution >= 4 is 22.5 Å². The number of aliphatic hydroxyl groups excluding tert-OH is 1. The van der Waals surface area contributed by atoms with Crippen LogP contribution in [0.15, 0.2) is 36.8 Å². The Hall–Kier alpha value is -2.90. The largest absolute Gasteiger partial charge is 0.387 e. The summed E-state index contributed by atoms with van der Waals surface area (Å²) in [7, 11) is 1.46. The summed E-state index contributed by atoms with van der Waals surface area (Å²) in [4.78, 5) is 24.8. The lowest BCUT2D eigenvalue weighted by Gasteiger charge is -2.11. The molecule has 3 heterocycles. The standard InChI is InChI=1S/C20H22N4O3/c1-4-18(25)17-5-12(2)15(10-22-17)16-6-13-9-23-19(7-14(13)8-21-16)24-20(26)11-27-3/h5-10,18,25H,4,11H2,1-3H3,(H,23,24,26). The van der Waals surface area contributed by atoms with Crippen molar-refractivity contribution in [2.45, 2.75) is 26.4 Å². The molecule has 0 saturated carbocycles. The minimum atomic E-state index is -0.557. The molecule has 7 heteroatoms. The molecule has 0 fully saturated rings. The average Bonchev–Trinajstić information content (AvgIpc) is 2.67. The summed E-state index contributed by atoms with van der Waals surface area (Å²) in [5.41, 5.74) is 3.35. The Kier molecular flexibility index (Phi) is 5.73. The zero-order valence-electron chi connectivity index (χ0n) is 15.6. The maximum Gasteiger partial charge on any atom is 0.251 e. The lowest BCUT2D eigenvalue weighted by molar-refractivity contribution is -0.119. The van der Waals surface area contributed by atoms with Crippen molar-refractivity contribution in [2.24, 2.45) is 0 Å². The Balaban J connectivity index is 1.90. The maximum atomic E-state index is 11.6. The number of ether oxygens (including phenoxy) is 1. The van der Waals surface area contributed by atoms with Crippen LogP contribution in [0, 0.1) is 6.92 Å². The molecule has 0 aliphatic rings. The van der Waals surface area contributed by atoms with Gasteiger partial charge in [0.15, 0.2) is 0 Å². The van der Waals surface area contributed by atoms with Crippen LogP contribution in [0.3, 0.4) is 0 Å². The van der Waals surface area contributed by atoms with Crippen LogP contribution in [0.1, 0.15) is 30.7 Å². The first-order valence-corrected chi connectivity index (χ1v) is 8.71. The summed E-state index contributed by atoms with van der Waals surface area (Å²) in [6.45, 7) is 3.87. The molecular weight excluding hydrogens is 344 g/mol. The molecule has 1 atom stereocenters. The summed E-state index contributed by atoms with van der Waals surface area (Å²) in [6.07, 6.45) is 5.24. The Morgan fingerprint density at radius 1 is 1.15 bits per heavy atom. The first kappa shape index (κ1) is 18.9. The number of hydrogen-bond donors (Lipinski definition) is 2. The van der Waals surface area contributed by atoms with E-state index >= 15 is 0 Å². The van der Waals surface area contributed by atoms with Gasteiger partial charge in [0.1, 0.15) is 12.4 Å². The van der Waals surface area contributed by atoms with Crippen molar-refractivity contribution in [3.63, 3.8) is 0 Å². The Morgan fingerprint density at radius 2 is 1.89 bits per heavy atom. The molecular formula is C20H22N4O3. The fourth-order valence-electron chi connectivity index (χ4n) is 2.80. The van der Waals surface area contributed by atoms with Crippen LogP contribution in [0.5, 0.6) is 0 Å². The van der Waals surface area contributed by atoms with Gasteiger partial charge in [-0.25, -0.2) is 4.98 Å². The van der Waals surface area contributed by atoms with Crippen molar-refractivity contribution in [1.82, 2.24) is 15.0 Å². The summed E-state index contributed by atoms with van der Waals surface area (Å²) < 4.78 is 4.80. The predicted octanol–water partition coefficient (Wildman–Crippen LogP) is 3.03. The van der Waals surface area contributed by atoms with Crippen molar-refractivity contribution < 1.29 is 14.6 Å². The van der Waals surface area contributed by atoms with Gasteiger partial charge in [-0.05, 0) is 37.1 Å². The highest BCUT2D eigenvalue weighted by Gasteiger charge is 2.11. The lowest BCUT2D eigenvalue weighted by atomic mass is 10.0. The zero-order valence-corrected chi connectivity index (χ0v) is 15.6. The molecule has 0 aromatic carbocycles. The second-order valence-electron chi connectivity index (χ2n) is 6.32. The number of nitrogens with zero attached hydrogens (tertiary/aromatic N) is 3. The van der Waals surface area contributed by atoms with E-state index in [4.69, 9.17) is 4.74 Å². The van der Waals surface area contributed by atoms with Gasteiger partial charge in [-0.3, -0.25) is 14.8 Å². The van der Waals surface area contributed by atoms with Gasteiger partial charge in [-0.2, -0.15) is 0 Å². The third-order valence-corrected chi connectivity index (χ3v) is 4.28. The molecule has 0 bridgehead atoms. The molecule has 1 amide bonds. The molecule has 0 saturated heterocycles. The molecule has 0 spiro atoms. The van der Waals surface area contributed by atoms with Crippen LogP contribution in [-0.4, -0.2) is 39.7 Å². The van der Waals surface area contributed by atoms with E-state index in [0.717, 1.165) is 27.6 Å². The van der Waals surface area contributed by atoms with Crippen LogP contribution in [0.4, 0.5) is 5.82 Å². The molecule has 0 aliphatic carbocycles. The Labute approximate surface area is 157 Å². The number of fused-ring (bicyclic) bond motifs is 1. The summed E-state index contributed by atoms with van der Waals surface area (Å²) in [6, 6.07) is 5.59. The van der Waals surface area contributed by atoms with E-state index in [2.05, 4.69) is 20.3 Å². The van der Waals surface area contributed by atoms with Crippen LogP contribution in [0.2, 0.25) is 0 Å². The Morgan fingerprint density at radius 3 is 2.59 bits per heavy atom. The van der Waals surface area contributed by atoms with Gasteiger partial charge in [-0.1, -0.05) is 6.92 Å². The minimum absolute atomic E-state index is 0.0219. The second kappa shape index (κ2) is 8.20. The highest BCUT2D eigenvalue weighted by Crippen LogP contribution is 2.27. The second-order valence-corrected chi connectivity index (χ2v) is 6.32. The molecule has 3 aromatic rings. The number of nitrogens with one attached hydrogen (secondary N) is 1. The first-order chi connectivity index (χ1) is 13.0. The van der Waals surface area contributed by atoms with Crippen LogP contribution in [0.25, 0.3) is 22.0 Å². The van der Waals surface area contributed by atoms with Gasteiger partial charge in [0, 0.05) is 42.0 Å². The van der Waals surface area contributed by atoms with E-state index in [9.17, 15) is 9.90 Å². The number of carbonyl (C=O) groups is 1. The fourth-order valence-corrected chi connectivity index (χ4v) is 2.80. The lowest BCUT2D eigenvalue weighted by Crippen LogP contribution is -2.17. The summed E-state index contributed by atoms with van der Waals surface area (Å²) in [5.74, 6) is 0.194. The number of pyridine rings is 3. The smallest absolute Gasteiger partial charge is 0.251 e. The highest BCUT2D eigenvalue weighted by atomic mass is 16.5. The highest BCUT2D eigenvalue weighted by molar-refractivity contribution is 5.93. The third kappa shape index (κ3) is 4.27. The molecule has 0 aliphatic heterocycles. The normalized spacial score (nSPS) is 12.1. The van der Waals surface area contributed by atoms with E-state index in [1.807, 2.05) is 26.0 Å². The number of carbonyl (C=O) groups excluding carboxylic acids is 1. The predicted molar refractivity (Wildman–Crippen MR) is 103 cm³/mol. The third-order valence-electron chi connectivity index (χ3n) is 4.28. The van der Waals surface area contributed by atoms with Gasteiger partial charge in [0.25, 0.3) is 5.91 Å². The summed E-state index contributed by atoms with van der Waals surface area (Å²) >= 11 is 0. The van der Waals surface area contributed by atoms with Crippen molar-refractivity contribution in [3.8, 4) is 11.3 Å². The number of amides is 1. The van der Waals surface area contributed by atoms with Crippen molar-refractivity contribution in [3.05, 3.63) is 48.0 Å². The van der Waals surface area contributed by atoms with Crippen LogP contribution < -0.4 is 5.32 Å². The molecule has 2 N–H and O–H groups in total. The number of rotatable bonds is 6. The van der Waals surface area contributed by atoms with Crippen molar-refractivity contribution in [1.29, 1.82) is 0 Å². The molecule has 27 heavy (non-hydrogen) atoms. The van der Waals surface area contributed by atoms with E-state index < -0.39 is 6.10 Å². The number of hydrogen-bond acceptors (Lipinski definition) is 6. The van der Waals surface area contributed by atoms with Gasteiger partial charge in [-0.15, -0.1) is 0 Å². The topological polar surface area (TPSA) is 97.2 Å². The van der Waals surface area contributed by atoms with Crippen molar-refractivity contribution in [2.75, 3.05) is 19.0 Å². The minimum Gasteiger partial charge on any atom is -0.387 e. The molecule has 0 radical (unpaired) electrons. The number of aromatic nitrogens is 3. The average molecular weight is 366 g/mol. The SMILES string of the molecule is CCC(O)c1cc(C)c(-c2cc3cnc(NC(=O)COC)cc3cn2)cn1. The van der Waals surface area contributed by atoms with E-state index in [1.165, 1.54) is 7.11 Å². The molecule has 1 unspecified atom stereocenters. The van der Waals surface area contributed by atoms with Crippen LogP contribution >= 0.6 is 0 Å². The van der Waals surface area contributed by atoms with Gasteiger partial charge >= 0.3 is 0 Å². The first-order valence-electron chi connectivity index (χ1n) is 8.71. The maximum absolute atomic E-state index is 11.6. The van der Waals surface area contributed by atoms with Gasteiger partial charge in [0.2, 0.25) is 0 Å². The quantitative estimate of drug-likeness (QED) is 0.696. The van der Waals surface area contributed by atoms with Gasteiger partial charge < -0.3 is 15.2 Å². The summed E-state index contributed by atoms with van der Waals surface area (Å²) in [5, 5.41) is 14.4. The molecule has 3 aromatic heterocycles. The molecule has 140 valence electrons. The Bertz CT molecular complexity index is 975. The number of aliphatic hydroxyl groups is 1. The van der Waals surface area contributed by atoms with Gasteiger partial charge in [0.05, 0.1) is 17.5 Å². The fraction of sp³-hybridized carbons (Fsp3) is 0.300. The molecule has 3 rings (SSSR count). The molecule has 7 nitrogen and oxygen atoms in total. The number of aryl methyl sites for hydroxylation is 1.